The van der Waals surface area contributed by atoms with Crippen molar-refractivity contribution in [3.05, 3.63) is 77.3 Å². The Morgan fingerprint density at radius 3 is 2.02 bits per heavy atom. The summed E-state index contributed by atoms with van der Waals surface area (Å²) >= 11 is 0. The van der Waals surface area contributed by atoms with E-state index in [0.29, 0.717) is 5.92 Å². The summed E-state index contributed by atoms with van der Waals surface area (Å²) < 4.78 is 12.9. The molecule has 0 amide bonds. The molecule has 0 saturated carbocycles. The fourth-order valence-corrected chi connectivity index (χ4v) is 3.91. The third kappa shape index (κ3) is 8.95. The number of benzene rings is 1. The number of aryl methyl sites for hydroxylation is 4. The van der Waals surface area contributed by atoms with Crippen molar-refractivity contribution in [2.75, 3.05) is 14.2 Å². The van der Waals surface area contributed by atoms with E-state index in [1.54, 1.807) is 14.2 Å². The minimum absolute atomic E-state index is 0.000556. The lowest BCUT2D eigenvalue weighted by atomic mass is 10.1. The van der Waals surface area contributed by atoms with Crippen LogP contribution in [0, 0.1) is 26.7 Å². The molecule has 0 aliphatic heterocycles. The number of methoxy groups -OCH3 is 2. The van der Waals surface area contributed by atoms with Crippen molar-refractivity contribution in [1.29, 1.82) is 0 Å². The van der Waals surface area contributed by atoms with E-state index in [0.717, 1.165) is 57.8 Å². The topological polar surface area (TPSA) is 87.8 Å². The van der Waals surface area contributed by atoms with Gasteiger partial charge in [-0.05, 0) is 62.4 Å². The maximum atomic E-state index is 5.54. The number of ether oxygens (including phenoxy) is 2. The van der Waals surface area contributed by atoms with Gasteiger partial charge in [-0.2, -0.15) is 0 Å². The zero-order valence-electron chi connectivity index (χ0n) is 26.5. The van der Waals surface area contributed by atoms with Crippen molar-refractivity contribution < 1.29 is 9.47 Å². The molecule has 0 fully saturated rings. The predicted octanol–water partition coefficient (Wildman–Crippen LogP) is 7.70. The molecule has 3 aromatic heterocycles. The van der Waals surface area contributed by atoms with E-state index in [9.17, 15) is 0 Å². The Morgan fingerprint density at radius 1 is 0.850 bits per heavy atom. The number of rotatable bonds is 7. The summed E-state index contributed by atoms with van der Waals surface area (Å²) in [4.78, 5) is 13.2. The van der Waals surface area contributed by atoms with Gasteiger partial charge in [0.05, 0.1) is 12.8 Å². The summed E-state index contributed by atoms with van der Waals surface area (Å²) in [5.74, 6) is 3.48. The highest BCUT2D eigenvalue weighted by atomic mass is 16.5. The van der Waals surface area contributed by atoms with E-state index in [-0.39, 0.29) is 6.10 Å². The molecule has 8 nitrogen and oxygen atoms in total. The van der Waals surface area contributed by atoms with Crippen molar-refractivity contribution in [3.8, 4) is 23.0 Å². The van der Waals surface area contributed by atoms with Gasteiger partial charge in [0.1, 0.15) is 23.4 Å². The molecule has 218 valence electrons. The maximum Gasteiger partial charge on any atom is 0.187 e. The largest absolute Gasteiger partial charge is 0.495 e. The highest BCUT2D eigenvalue weighted by molar-refractivity contribution is 5.60. The Bertz CT molecular complexity index is 1270. The van der Waals surface area contributed by atoms with Gasteiger partial charge in [-0.3, -0.25) is 4.57 Å². The standard InChI is InChI=1S/C18H20N4O.C10H16N2O.2C2H6/c1-5-14-9-7-10-15(19-14)18-21-20-13(3)22(18)17-12(2)8-6-11-16(17)23-4;1-7(2)9(13-4)10-11-5-8(3)6-12-10;2*1-2/h6-11H,5H2,1-4H3;5-7,9H,1-4H3;2*1-2H3/t;9-;;/m.0../s1. The van der Waals surface area contributed by atoms with E-state index < -0.39 is 0 Å². The second-order valence-electron chi connectivity index (χ2n) is 8.92. The quantitative estimate of drug-likeness (QED) is 0.234. The second-order valence-corrected chi connectivity index (χ2v) is 8.92. The first-order chi connectivity index (χ1) is 19.3. The normalized spacial score (nSPS) is 10.8. The minimum Gasteiger partial charge on any atom is -0.495 e. The fraction of sp³-hybridized carbons (Fsp3) is 0.469. The van der Waals surface area contributed by atoms with E-state index in [1.165, 1.54) is 0 Å². The van der Waals surface area contributed by atoms with Gasteiger partial charge >= 0.3 is 0 Å². The zero-order valence-corrected chi connectivity index (χ0v) is 26.5. The molecule has 0 N–H and O–H groups in total. The minimum atomic E-state index is 0.000556. The average Bonchev–Trinajstić information content (AvgIpc) is 3.37. The van der Waals surface area contributed by atoms with Crippen LogP contribution in [0.3, 0.4) is 0 Å². The first kappa shape index (κ1) is 34.4. The zero-order chi connectivity index (χ0) is 30.2. The molecule has 3 heterocycles. The molecule has 40 heavy (non-hydrogen) atoms. The third-order valence-corrected chi connectivity index (χ3v) is 5.78. The first-order valence-electron chi connectivity index (χ1n) is 14.1. The Kier molecular flexibility index (Phi) is 15.3. The van der Waals surface area contributed by atoms with Gasteiger partial charge in [0.15, 0.2) is 11.6 Å². The first-order valence-corrected chi connectivity index (χ1v) is 14.1. The Hall–Kier alpha value is -3.65. The van der Waals surface area contributed by atoms with Gasteiger partial charge in [-0.25, -0.2) is 15.0 Å². The van der Waals surface area contributed by atoms with Crippen LogP contribution in [0.15, 0.2) is 48.8 Å². The molecule has 1 aromatic carbocycles. The van der Waals surface area contributed by atoms with Crippen molar-refractivity contribution in [1.82, 2.24) is 29.7 Å². The lowest BCUT2D eigenvalue weighted by Crippen LogP contribution is -2.12. The Labute approximate surface area is 241 Å². The van der Waals surface area contributed by atoms with E-state index in [4.69, 9.17) is 9.47 Å². The van der Waals surface area contributed by atoms with Gasteiger partial charge in [-0.15, -0.1) is 10.2 Å². The lowest BCUT2D eigenvalue weighted by Gasteiger charge is -2.17. The fourth-order valence-electron chi connectivity index (χ4n) is 3.91. The highest BCUT2D eigenvalue weighted by Crippen LogP contribution is 2.31. The number of nitrogens with zero attached hydrogens (tertiary/aromatic N) is 6. The summed E-state index contributed by atoms with van der Waals surface area (Å²) in [6, 6.07) is 12.0. The van der Waals surface area contributed by atoms with Crippen molar-refractivity contribution in [3.63, 3.8) is 0 Å². The van der Waals surface area contributed by atoms with E-state index in [1.807, 2.05) is 88.8 Å². The molecular weight excluding hydrogens is 500 g/mol. The van der Waals surface area contributed by atoms with Crippen LogP contribution >= 0.6 is 0 Å². The van der Waals surface area contributed by atoms with Crippen LogP contribution in [0.1, 0.15) is 83.0 Å². The SMILES string of the molecule is CC.CC.CCc1cccc(-c2nnc(C)n2-c2c(C)cccc2OC)n1.CO[C@H](c1ncc(C)cn1)C(C)C. The molecule has 4 aromatic rings. The Morgan fingerprint density at radius 2 is 1.48 bits per heavy atom. The highest BCUT2D eigenvalue weighted by Gasteiger charge is 2.19. The summed E-state index contributed by atoms with van der Waals surface area (Å²) in [6.45, 7) is 20.2. The maximum absolute atomic E-state index is 5.54. The van der Waals surface area contributed by atoms with Crippen LogP contribution in [0.4, 0.5) is 0 Å². The number of para-hydroxylation sites is 1. The summed E-state index contributed by atoms with van der Waals surface area (Å²) in [5.41, 5.74) is 4.97. The van der Waals surface area contributed by atoms with Gasteiger partial charge in [0.25, 0.3) is 0 Å². The molecule has 0 unspecified atom stereocenters. The average molecular weight is 549 g/mol. The van der Waals surface area contributed by atoms with Gasteiger partial charge in [0.2, 0.25) is 0 Å². The van der Waals surface area contributed by atoms with Gasteiger partial charge in [-0.1, -0.05) is 66.7 Å². The molecule has 0 aliphatic carbocycles. The van der Waals surface area contributed by atoms with Crippen LogP contribution < -0.4 is 4.74 Å². The van der Waals surface area contributed by atoms with Crippen molar-refractivity contribution in [2.45, 2.75) is 81.8 Å². The summed E-state index contributed by atoms with van der Waals surface area (Å²) in [5, 5.41) is 8.61. The molecule has 0 spiro atoms. The number of aromatic nitrogens is 6. The van der Waals surface area contributed by atoms with Crippen LogP contribution in [-0.2, 0) is 11.2 Å². The van der Waals surface area contributed by atoms with Crippen LogP contribution in [0.2, 0.25) is 0 Å². The van der Waals surface area contributed by atoms with E-state index >= 15 is 0 Å². The third-order valence-electron chi connectivity index (χ3n) is 5.78. The molecule has 1 atom stereocenters. The molecule has 0 bridgehead atoms. The number of hydrogen-bond acceptors (Lipinski definition) is 7. The van der Waals surface area contributed by atoms with Crippen molar-refractivity contribution in [2.24, 2.45) is 5.92 Å². The second kappa shape index (κ2) is 17.8. The number of pyridine rings is 1. The van der Waals surface area contributed by atoms with Crippen molar-refractivity contribution >= 4 is 0 Å². The van der Waals surface area contributed by atoms with Crippen LogP contribution in [0.25, 0.3) is 17.2 Å². The molecule has 0 saturated heterocycles. The summed E-state index contributed by atoms with van der Waals surface area (Å²) in [6.07, 6.45) is 4.52. The van der Waals surface area contributed by atoms with Crippen LogP contribution in [0.5, 0.6) is 5.75 Å². The van der Waals surface area contributed by atoms with Gasteiger partial charge < -0.3 is 9.47 Å². The Balaban J connectivity index is 0.000000401. The molecule has 0 aliphatic rings. The van der Waals surface area contributed by atoms with E-state index in [2.05, 4.69) is 58.9 Å². The number of hydrogen-bond donors (Lipinski definition) is 0. The smallest absolute Gasteiger partial charge is 0.187 e. The molecule has 8 heteroatoms. The lowest BCUT2D eigenvalue weighted by molar-refractivity contribution is 0.0574. The molecule has 4 rings (SSSR count). The molecular formula is C32H48N6O2. The predicted molar refractivity (Wildman–Crippen MR) is 164 cm³/mol. The summed E-state index contributed by atoms with van der Waals surface area (Å²) in [7, 11) is 3.36. The monoisotopic (exact) mass is 548 g/mol. The van der Waals surface area contributed by atoms with Gasteiger partial charge in [0, 0.05) is 25.2 Å². The molecule has 0 radical (unpaired) electrons. The van der Waals surface area contributed by atoms with Crippen LogP contribution in [-0.4, -0.2) is 43.9 Å².